The zero-order valence-corrected chi connectivity index (χ0v) is 7.49. The van der Waals surface area contributed by atoms with Crippen LogP contribution in [-0.4, -0.2) is 12.6 Å². The number of rotatable bonds is 5. The first-order valence-corrected chi connectivity index (χ1v) is 3.87. The van der Waals surface area contributed by atoms with Gasteiger partial charge < -0.3 is 5.32 Å². The van der Waals surface area contributed by atoms with Crippen LogP contribution in [0.25, 0.3) is 0 Å². The molecule has 0 spiro atoms. The van der Waals surface area contributed by atoms with E-state index in [1.54, 1.807) is 18.5 Å². The molecule has 12 heavy (non-hydrogen) atoms. The van der Waals surface area contributed by atoms with Crippen molar-refractivity contribution in [2.24, 2.45) is 10.9 Å². The summed E-state index contributed by atoms with van der Waals surface area (Å²) < 4.78 is 0. The van der Waals surface area contributed by atoms with Gasteiger partial charge in [0.1, 0.15) is 6.34 Å². The molecule has 0 aliphatic rings. The predicted molar refractivity (Wildman–Crippen MR) is 53.5 cm³/mol. The second-order valence-corrected chi connectivity index (χ2v) is 2.56. The first kappa shape index (κ1) is 10.6. The Bertz CT molecular complexity index is 190. The number of hydrogen-bond donors (Lipinski definition) is 2. The number of aliphatic imine (C=N–C) groups is 1. The van der Waals surface area contributed by atoms with E-state index < -0.39 is 0 Å². The van der Waals surface area contributed by atoms with Crippen molar-refractivity contribution < 1.29 is 0 Å². The predicted octanol–water partition coefficient (Wildman–Crippen LogP) is 1.94. The van der Waals surface area contributed by atoms with Crippen LogP contribution in [0.3, 0.4) is 0 Å². The third kappa shape index (κ3) is 8.62. The topological polar surface area (TPSA) is 48.2 Å². The summed E-state index contributed by atoms with van der Waals surface area (Å²) in [6.07, 6.45) is 9.95. The van der Waals surface area contributed by atoms with E-state index in [0.717, 1.165) is 6.34 Å². The van der Waals surface area contributed by atoms with E-state index in [1.165, 1.54) is 0 Å². The van der Waals surface area contributed by atoms with Crippen LogP contribution in [-0.2, 0) is 0 Å². The van der Waals surface area contributed by atoms with Gasteiger partial charge in [-0.2, -0.15) is 0 Å². The highest BCUT2D eigenvalue weighted by atomic mass is 14.8. The molecule has 3 heteroatoms. The highest BCUT2D eigenvalue weighted by Gasteiger charge is 1.79. The summed E-state index contributed by atoms with van der Waals surface area (Å²) >= 11 is 0. The van der Waals surface area contributed by atoms with Gasteiger partial charge in [0.2, 0.25) is 0 Å². The average molecular weight is 165 g/mol. The molecule has 0 aliphatic carbocycles. The Morgan fingerprint density at radius 2 is 2.08 bits per heavy atom. The first-order chi connectivity index (χ1) is 5.77. The van der Waals surface area contributed by atoms with Gasteiger partial charge in [0.15, 0.2) is 0 Å². The Kier molecular flexibility index (Phi) is 6.84. The Labute approximate surface area is 73.4 Å². The van der Waals surface area contributed by atoms with Crippen molar-refractivity contribution in [3.05, 3.63) is 24.6 Å². The van der Waals surface area contributed by atoms with Crippen molar-refractivity contribution in [2.45, 2.75) is 13.8 Å². The van der Waals surface area contributed by atoms with E-state index in [1.807, 2.05) is 6.20 Å². The molecule has 0 radical (unpaired) electrons. The summed E-state index contributed by atoms with van der Waals surface area (Å²) in [7, 11) is 0. The summed E-state index contributed by atoms with van der Waals surface area (Å²) in [6, 6.07) is 0. The van der Waals surface area contributed by atoms with E-state index in [2.05, 4.69) is 30.2 Å². The van der Waals surface area contributed by atoms with Gasteiger partial charge in [-0.15, -0.1) is 0 Å². The summed E-state index contributed by atoms with van der Waals surface area (Å²) in [5.41, 5.74) is 0. The number of hydrogen-bond acceptors (Lipinski definition) is 2. The molecular formula is C9H15N3. The molecule has 66 valence electrons. The average Bonchev–Trinajstić information content (AvgIpc) is 2.02. The molecule has 0 aliphatic heterocycles. The third-order valence-electron chi connectivity index (χ3n) is 1.02. The Balaban J connectivity index is 3.48. The van der Waals surface area contributed by atoms with Crippen LogP contribution in [0.4, 0.5) is 0 Å². The zero-order chi connectivity index (χ0) is 9.23. The first-order valence-electron chi connectivity index (χ1n) is 3.87. The Morgan fingerprint density at radius 3 is 2.67 bits per heavy atom. The van der Waals surface area contributed by atoms with E-state index >= 15 is 0 Å². The molecule has 0 aromatic heterocycles. The van der Waals surface area contributed by atoms with Crippen LogP contribution in [0, 0.1) is 11.3 Å². The SMILES string of the molecule is CC(C)/C=C\N/C=C\C=NC=N. The van der Waals surface area contributed by atoms with Crippen molar-refractivity contribution >= 4 is 12.6 Å². The molecule has 0 rings (SSSR count). The number of allylic oxidation sites excluding steroid dienone is 2. The second-order valence-electron chi connectivity index (χ2n) is 2.56. The van der Waals surface area contributed by atoms with Crippen LogP contribution < -0.4 is 5.32 Å². The highest BCUT2D eigenvalue weighted by Crippen LogP contribution is 1.90. The normalized spacial score (nSPS) is 12.2. The van der Waals surface area contributed by atoms with E-state index in [-0.39, 0.29) is 0 Å². The molecule has 3 nitrogen and oxygen atoms in total. The van der Waals surface area contributed by atoms with Crippen molar-refractivity contribution in [1.82, 2.24) is 5.32 Å². The zero-order valence-electron chi connectivity index (χ0n) is 7.49. The van der Waals surface area contributed by atoms with Gasteiger partial charge in [0, 0.05) is 12.4 Å². The fourth-order valence-corrected chi connectivity index (χ4v) is 0.495. The molecule has 0 aromatic carbocycles. The van der Waals surface area contributed by atoms with Gasteiger partial charge in [-0.3, -0.25) is 5.41 Å². The molecule has 0 unspecified atom stereocenters. The standard InChI is InChI=1S/C9H15N3/c1-9(2)4-7-11-5-3-6-12-8-10/h3-11H,1-2H3/b5-3-,7-4-,10-8?,12-6?. The lowest BCUT2D eigenvalue weighted by Gasteiger charge is -1.92. The van der Waals surface area contributed by atoms with Crippen LogP contribution in [0.1, 0.15) is 13.8 Å². The molecule has 0 fully saturated rings. The molecule has 0 aromatic rings. The highest BCUT2D eigenvalue weighted by molar-refractivity contribution is 5.78. The van der Waals surface area contributed by atoms with Crippen LogP contribution in [0.15, 0.2) is 29.5 Å². The third-order valence-corrected chi connectivity index (χ3v) is 1.02. The summed E-state index contributed by atoms with van der Waals surface area (Å²) in [5, 5.41) is 9.53. The maximum Gasteiger partial charge on any atom is 0.106 e. The van der Waals surface area contributed by atoms with E-state index in [4.69, 9.17) is 5.41 Å². The van der Waals surface area contributed by atoms with Gasteiger partial charge in [-0.1, -0.05) is 19.9 Å². The van der Waals surface area contributed by atoms with Gasteiger partial charge in [0.25, 0.3) is 0 Å². The molecule has 0 heterocycles. The quantitative estimate of drug-likeness (QED) is 0.474. The minimum atomic E-state index is 0.557. The van der Waals surface area contributed by atoms with Gasteiger partial charge >= 0.3 is 0 Å². The smallest absolute Gasteiger partial charge is 0.106 e. The van der Waals surface area contributed by atoms with Crippen molar-refractivity contribution in [1.29, 1.82) is 5.41 Å². The molecule has 0 saturated heterocycles. The maximum atomic E-state index is 6.58. The molecule has 2 N–H and O–H groups in total. The summed E-state index contributed by atoms with van der Waals surface area (Å²) in [6.45, 7) is 4.22. The number of nitrogens with zero attached hydrogens (tertiary/aromatic N) is 1. The van der Waals surface area contributed by atoms with Crippen molar-refractivity contribution in [3.8, 4) is 0 Å². The monoisotopic (exact) mass is 165 g/mol. The maximum absolute atomic E-state index is 6.58. The minimum Gasteiger partial charge on any atom is -0.368 e. The number of nitrogens with one attached hydrogen (secondary N) is 2. The Hall–Kier alpha value is -1.38. The van der Waals surface area contributed by atoms with Crippen LogP contribution in [0.5, 0.6) is 0 Å². The fourth-order valence-electron chi connectivity index (χ4n) is 0.495. The van der Waals surface area contributed by atoms with Gasteiger partial charge in [-0.25, -0.2) is 4.99 Å². The molecule has 0 amide bonds. The molecule has 0 bridgehead atoms. The minimum absolute atomic E-state index is 0.557. The van der Waals surface area contributed by atoms with E-state index in [9.17, 15) is 0 Å². The fraction of sp³-hybridized carbons (Fsp3) is 0.333. The van der Waals surface area contributed by atoms with Crippen LogP contribution in [0.2, 0.25) is 0 Å². The Morgan fingerprint density at radius 1 is 1.33 bits per heavy atom. The lowest BCUT2D eigenvalue weighted by molar-refractivity contribution is 0.824. The van der Waals surface area contributed by atoms with Gasteiger partial charge in [-0.05, 0) is 18.2 Å². The van der Waals surface area contributed by atoms with Crippen molar-refractivity contribution in [3.63, 3.8) is 0 Å². The summed E-state index contributed by atoms with van der Waals surface area (Å²) in [5.74, 6) is 0.557. The molecule has 0 atom stereocenters. The molecule has 0 saturated carbocycles. The second kappa shape index (κ2) is 7.72. The molecular weight excluding hydrogens is 150 g/mol. The lowest BCUT2D eigenvalue weighted by Crippen LogP contribution is -1.92. The van der Waals surface area contributed by atoms with Crippen molar-refractivity contribution in [2.75, 3.05) is 0 Å². The van der Waals surface area contributed by atoms with Gasteiger partial charge in [0.05, 0.1) is 0 Å². The van der Waals surface area contributed by atoms with E-state index in [0.29, 0.717) is 5.92 Å². The summed E-state index contributed by atoms with van der Waals surface area (Å²) in [4.78, 5) is 3.57. The largest absolute Gasteiger partial charge is 0.368 e. The van der Waals surface area contributed by atoms with Crippen LogP contribution >= 0.6 is 0 Å². The lowest BCUT2D eigenvalue weighted by atomic mass is 10.2.